The van der Waals surface area contributed by atoms with Crippen LogP contribution in [0.25, 0.3) is 22.2 Å². The van der Waals surface area contributed by atoms with E-state index in [0.717, 1.165) is 16.5 Å². The summed E-state index contributed by atoms with van der Waals surface area (Å²) in [6.07, 6.45) is 1.53. The molecule has 0 spiro atoms. The molecule has 0 aliphatic rings. The van der Waals surface area contributed by atoms with Gasteiger partial charge in [0.05, 0.1) is 5.02 Å². The van der Waals surface area contributed by atoms with Crippen molar-refractivity contribution in [2.75, 3.05) is 0 Å². The lowest BCUT2D eigenvalue weighted by atomic mass is 10.0. The first-order valence-electron chi connectivity index (χ1n) is 5.69. The molecule has 0 aliphatic heterocycles. The lowest BCUT2D eigenvalue weighted by Gasteiger charge is -2.02. The third-order valence-electron chi connectivity index (χ3n) is 2.93. The number of hydrogen-bond donors (Lipinski definition) is 2. The first-order chi connectivity index (χ1) is 9.16. The molecule has 4 nitrogen and oxygen atoms in total. The normalized spacial score (nSPS) is 10.8. The summed E-state index contributed by atoms with van der Waals surface area (Å²) >= 11 is 5.97. The van der Waals surface area contributed by atoms with Crippen LogP contribution in [0, 0.1) is 0 Å². The highest BCUT2D eigenvalue weighted by Gasteiger charge is 2.17. The number of aromatic nitrogens is 2. The van der Waals surface area contributed by atoms with E-state index in [9.17, 15) is 4.79 Å². The number of hydrogen-bond acceptors (Lipinski definition) is 2. The number of halogens is 1. The Morgan fingerprint density at radius 3 is 2.68 bits per heavy atom. The minimum atomic E-state index is -0.520. The zero-order chi connectivity index (χ0) is 13.4. The summed E-state index contributed by atoms with van der Waals surface area (Å²) in [5.74, 6) is -0.520. The van der Waals surface area contributed by atoms with Gasteiger partial charge >= 0.3 is 0 Å². The molecule has 19 heavy (non-hydrogen) atoms. The lowest BCUT2D eigenvalue weighted by molar-refractivity contribution is 0.0997. The van der Waals surface area contributed by atoms with Gasteiger partial charge in [-0.3, -0.25) is 4.79 Å². The maximum absolute atomic E-state index is 11.6. The van der Waals surface area contributed by atoms with Gasteiger partial charge in [-0.1, -0.05) is 41.9 Å². The van der Waals surface area contributed by atoms with Gasteiger partial charge in [0.2, 0.25) is 0 Å². The number of fused-ring (bicyclic) bond motifs is 1. The molecule has 3 N–H and O–H groups in total. The highest BCUT2D eigenvalue weighted by Crippen LogP contribution is 2.32. The molecule has 1 aromatic carbocycles. The number of carbonyl (C=O) groups excluding carboxylic acids is 1. The molecule has 0 saturated heterocycles. The Kier molecular flexibility index (Phi) is 2.72. The number of pyridine rings is 1. The van der Waals surface area contributed by atoms with Crippen molar-refractivity contribution < 1.29 is 4.79 Å². The molecule has 0 radical (unpaired) electrons. The summed E-state index contributed by atoms with van der Waals surface area (Å²) in [7, 11) is 0. The second-order valence-electron chi connectivity index (χ2n) is 4.15. The van der Waals surface area contributed by atoms with E-state index < -0.39 is 5.91 Å². The van der Waals surface area contributed by atoms with Crippen LogP contribution in [0.5, 0.6) is 0 Å². The fraction of sp³-hybridized carbons (Fsp3) is 0. The summed E-state index contributed by atoms with van der Waals surface area (Å²) in [6, 6.07) is 11.3. The number of nitrogens with one attached hydrogen (secondary N) is 1. The number of rotatable bonds is 2. The predicted octanol–water partition coefficient (Wildman–Crippen LogP) is 2.98. The van der Waals surface area contributed by atoms with E-state index in [1.807, 2.05) is 30.3 Å². The predicted molar refractivity (Wildman–Crippen MR) is 75.1 cm³/mol. The van der Waals surface area contributed by atoms with Gasteiger partial charge in [-0.2, -0.15) is 0 Å². The van der Waals surface area contributed by atoms with Crippen molar-refractivity contribution in [2.45, 2.75) is 0 Å². The van der Waals surface area contributed by atoms with E-state index >= 15 is 0 Å². The van der Waals surface area contributed by atoms with Gasteiger partial charge in [0.15, 0.2) is 0 Å². The Morgan fingerprint density at radius 2 is 2.00 bits per heavy atom. The largest absolute Gasteiger partial charge is 0.364 e. The van der Waals surface area contributed by atoms with Crippen molar-refractivity contribution in [2.24, 2.45) is 5.73 Å². The van der Waals surface area contributed by atoms with Crippen LogP contribution in [0.15, 0.2) is 42.6 Å². The van der Waals surface area contributed by atoms with E-state index in [1.54, 1.807) is 6.07 Å². The number of nitrogens with zero attached hydrogens (tertiary/aromatic N) is 1. The van der Waals surface area contributed by atoms with E-state index in [2.05, 4.69) is 9.97 Å². The van der Waals surface area contributed by atoms with Crippen LogP contribution >= 0.6 is 11.6 Å². The summed E-state index contributed by atoms with van der Waals surface area (Å²) in [6.45, 7) is 0. The average Bonchev–Trinajstić information content (AvgIpc) is 2.78. The molecule has 0 bridgehead atoms. The van der Waals surface area contributed by atoms with Gasteiger partial charge in [0.1, 0.15) is 11.3 Å². The van der Waals surface area contributed by atoms with Gasteiger partial charge in [-0.05, 0) is 11.6 Å². The van der Waals surface area contributed by atoms with Gasteiger partial charge in [-0.15, -0.1) is 0 Å². The number of H-pyrrole nitrogens is 1. The number of nitrogens with two attached hydrogens (primary N) is 1. The highest BCUT2D eigenvalue weighted by atomic mass is 35.5. The number of primary amides is 1. The Hall–Kier alpha value is -2.33. The molecule has 0 aliphatic carbocycles. The molecule has 0 unspecified atom stereocenters. The van der Waals surface area contributed by atoms with Crippen LogP contribution in [0.2, 0.25) is 5.02 Å². The second kappa shape index (κ2) is 4.40. The van der Waals surface area contributed by atoms with E-state index in [-0.39, 0.29) is 0 Å². The van der Waals surface area contributed by atoms with E-state index in [4.69, 9.17) is 17.3 Å². The molecule has 0 saturated carbocycles. The minimum Gasteiger partial charge on any atom is -0.364 e. The number of amides is 1. The second-order valence-corrected chi connectivity index (χ2v) is 4.59. The molecule has 94 valence electrons. The standard InChI is InChI=1S/C14H10ClN3O/c15-9-6-10-11(8-4-2-1-3-5-8)12(13(16)19)18-14(10)17-7-9/h1-7H,(H2,16,19)(H,17,18). The first kappa shape index (κ1) is 11.7. The fourth-order valence-corrected chi connectivity index (χ4v) is 2.29. The topological polar surface area (TPSA) is 71.8 Å². The molecule has 1 amide bonds. The number of carbonyl (C=O) groups is 1. The highest BCUT2D eigenvalue weighted by molar-refractivity contribution is 6.31. The third-order valence-corrected chi connectivity index (χ3v) is 3.13. The monoisotopic (exact) mass is 271 g/mol. The maximum Gasteiger partial charge on any atom is 0.265 e. The smallest absolute Gasteiger partial charge is 0.265 e. The molecule has 3 aromatic rings. The Morgan fingerprint density at radius 1 is 1.26 bits per heavy atom. The van der Waals surface area contributed by atoms with Crippen molar-refractivity contribution in [3.8, 4) is 11.1 Å². The molecule has 0 fully saturated rings. The molecule has 0 atom stereocenters. The quantitative estimate of drug-likeness (QED) is 0.752. The van der Waals surface area contributed by atoms with E-state index in [0.29, 0.717) is 16.4 Å². The summed E-state index contributed by atoms with van der Waals surface area (Å²) < 4.78 is 0. The van der Waals surface area contributed by atoms with Gasteiger partial charge in [0.25, 0.3) is 5.91 Å². The van der Waals surface area contributed by atoms with Crippen LogP contribution in [0.1, 0.15) is 10.5 Å². The molecule has 5 heteroatoms. The van der Waals surface area contributed by atoms with Gasteiger partial charge in [0, 0.05) is 17.1 Å². The Labute approximate surface area is 114 Å². The third kappa shape index (κ3) is 1.96. The molecule has 2 heterocycles. The average molecular weight is 272 g/mol. The zero-order valence-corrected chi connectivity index (χ0v) is 10.6. The van der Waals surface area contributed by atoms with Crippen LogP contribution in [-0.2, 0) is 0 Å². The molecule has 3 rings (SSSR count). The first-order valence-corrected chi connectivity index (χ1v) is 6.07. The summed E-state index contributed by atoms with van der Waals surface area (Å²) in [5.41, 5.74) is 7.99. The van der Waals surface area contributed by atoms with E-state index in [1.165, 1.54) is 6.20 Å². The van der Waals surface area contributed by atoms with Gasteiger partial charge < -0.3 is 10.7 Å². The van der Waals surface area contributed by atoms with Crippen LogP contribution < -0.4 is 5.73 Å². The van der Waals surface area contributed by atoms with Crippen LogP contribution in [0.3, 0.4) is 0 Å². The maximum atomic E-state index is 11.6. The Bertz CT molecular complexity index is 765. The molecular weight excluding hydrogens is 262 g/mol. The number of benzene rings is 1. The summed E-state index contributed by atoms with van der Waals surface area (Å²) in [4.78, 5) is 18.7. The SMILES string of the molecule is NC(=O)c1[nH]c2ncc(Cl)cc2c1-c1ccccc1. The molecule has 2 aromatic heterocycles. The van der Waals surface area contributed by atoms with Crippen molar-refractivity contribution >= 4 is 28.5 Å². The van der Waals surface area contributed by atoms with Crippen LogP contribution in [0.4, 0.5) is 0 Å². The summed E-state index contributed by atoms with van der Waals surface area (Å²) in [5, 5.41) is 1.30. The molecular formula is C14H10ClN3O. The minimum absolute atomic E-state index is 0.343. The van der Waals surface area contributed by atoms with Crippen molar-refractivity contribution in [1.82, 2.24) is 9.97 Å². The van der Waals surface area contributed by atoms with Crippen LogP contribution in [-0.4, -0.2) is 15.9 Å². The Balaban J connectivity index is 2.40. The lowest BCUT2D eigenvalue weighted by Crippen LogP contribution is -2.12. The fourth-order valence-electron chi connectivity index (χ4n) is 2.13. The van der Waals surface area contributed by atoms with Crippen molar-refractivity contribution in [3.05, 3.63) is 53.3 Å². The number of aromatic amines is 1. The zero-order valence-electron chi connectivity index (χ0n) is 9.85. The van der Waals surface area contributed by atoms with Gasteiger partial charge in [-0.25, -0.2) is 4.98 Å². The van der Waals surface area contributed by atoms with Crippen molar-refractivity contribution in [1.29, 1.82) is 0 Å². The van der Waals surface area contributed by atoms with Crippen molar-refractivity contribution in [3.63, 3.8) is 0 Å².